The predicted molar refractivity (Wildman–Crippen MR) is 87.5 cm³/mol. The number of nitriles is 1. The molecule has 0 radical (unpaired) electrons. The topological polar surface area (TPSA) is 43.2 Å². The second-order valence-corrected chi connectivity index (χ2v) is 5.76. The minimum absolute atomic E-state index is 0.712. The largest absolute Gasteiger partial charge is 0.367 e. The average Bonchev–Trinajstić information content (AvgIpc) is 2.55. The zero-order chi connectivity index (χ0) is 14.7. The van der Waals surface area contributed by atoms with E-state index in [0.717, 1.165) is 42.2 Å². The molecule has 4 nitrogen and oxygen atoms in total. The second-order valence-electron chi connectivity index (χ2n) is 4.91. The summed E-state index contributed by atoms with van der Waals surface area (Å²) in [5.74, 6) is 1.02. The maximum absolute atomic E-state index is 9.33. The lowest BCUT2D eigenvalue weighted by molar-refractivity contribution is 0.647. The van der Waals surface area contributed by atoms with Gasteiger partial charge in [0.2, 0.25) is 0 Å². The van der Waals surface area contributed by atoms with E-state index in [0.29, 0.717) is 5.56 Å². The van der Waals surface area contributed by atoms with E-state index in [1.54, 1.807) is 0 Å². The molecule has 2 aromatic rings. The maximum Gasteiger partial charge on any atom is 0.128 e. The van der Waals surface area contributed by atoms with E-state index in [9.17, 15) is 5.26 Å². The highest BCUT2D eigenvalue weighted by atomic mass is 79.9. The first kappa shape index (κ1) is 13.9. The number of hydrogen-bond donors (Lipinski definition) is 0. The first-order chi connectivity index (χ1) is 10.3. The van der Waals surface area contributed by atoms with E-state index in [-0.39, 0.29) is 0 Å². The van der Waals surface area contributed by atoms with Crippen molar-refractivity contribution in [2.45, 2.75) is 0 Å². The lowest BCUT2D eigenvalue weighted by Crippen LogP contribution is -2.47. The minimum Gasteiger partial charge on any atom is -0.367 e. The monoisotopic (exact) mass is 342 g/mol. The van der Waals surface area contributed by atoms with Gasteiger partial charge in [0.25, 0.3) is 0 Å². The molecule has 0 amide bonds. The van der Waals surface area contributed by atoms with Crippen molar-refractivity contribution in [1.82, 2.24) is 4.98 Å². The molecular formula is C16H15BrN4. The number of hydrogen-bond acceptors (Lipinski definition) is 4. The van der Waals surface area contributed by atoms with Gasteiger partial charge >= 0.3 is 0 Å². The van der Waals surface area contributed by atoms with Crippen molar-refractivity contribution >= 4 is 27.4 Å². The van der Waals surface area contributed by atoms with Gasteiger partial charge in [-0.15, -0.1) is 0 Å². The maximum atomic E-state index is 9.33. The second kappa shape index (κ2) is 6.15. The summed E-state index contributed by atoms with van der Waals surface area (Å²) in [6, 6.07) is 14.2. The Bertz CT molecular complexity index is 658. The molecule has 106 valence electrons. The summed E-state index contributed by atoms with van der Waals surface area (Å²) >= 11 is 3.45. The number of halogens is 1. The van der Waals surface area contributed by atoms with Crippen molar-refractivity contribution in [2.75, 3.05) is 36.0 Å². The fraction of sp³-hybridized carbons (Fsp3) is 0.250. The van der Waals surface area contributed by atoms with Crippen molar-refractivity contribution in [1.29, 1.82) is 5.26 Å². The number of benzene rings is 1. The molecule has 1 aliphatic rings. The van der Waals surface area contributed by atoms with Gasteiger partial charge in [0.15, 0.2) is 0 Å². The Hall–Kier alpha value is -2.06. The molecule has 21 heavy (non-hydrogen) atoms. The van der Waals surface area contributed by atoms with Gasteiger partial charge in [-0.05, 0) is 40.2 Å². The summed E-state index contributed by atoms with van der Waals surface area (Å²) in [6.45, 7) is 3.60. The Morgan fingerprint density at radius 2 is 1.76 bits per heavy atom. The zero-order valence-corrected chi connectivity index (χ0v) is 13.1. The van der Waals surface area contributed by atoms with Crippen LogP contribution in [0.2, 0.25) is 0 Å². The molecule has 5 heteroatoms. The summed E-state index contributed by atoms with van der Waals surface area (Å²) in [4.78, 5) is 8.94. The Morgan fingerprint density at radius 3 is 2.43 bits per heavy atom. The van der Waals surface area contributed by atoms with Crippen LogP contribution in [0, 0.1) is 11.3 Å². The van der Waals surface area contributed by atoms with E-state index >= 15 is 0 Å². The van der Waals surface area contributed by atoms with Gasteiger partial charge in [-0.25, -0.2) is 4.98 Å². The van der Waals surface area contributed by atoms with E-state index in [1.807, 2.05) is 42.6 Å². The lowest BCUT2D eigenvalue weighted by atomic mass is 10.1. The molecule has 0 saturated carbocycles. The van der Waals surface area contributed by atoms with Crippen LogP contribution in [0.15, 0.2) is 47.1 Å². The predicted octanol–water partition coefficient (Wildman–Crippen LogP) is 3.04. The van der Waals surface area contributed by atoms with Gasteiger partial charge in [-0.1, -0.05) is 12.1 Å². The summed E-state index contributed by atoms with van der Waals surface area (Å²) < 4.78 is 0.856. The van der Waals surface area contributed by atoms with Crippen LogP contribution >= 0.6 is 15.9 Å². The molecule has 3 rings (SSSR count). The molecule has 1 saturated heterocycles. The molecule has 1 aromatic carbocycles. The van der Waals surface area contributed by atoms with Gasteiger partial charge in [-0.3, -0.25) is 0 Å². The molecule has 2 heterocycles. The van der Waals surface area contributed by atoms with Gasteiger partial charge in [-0.2, -0.15) is 5.26 Å². The first-order valence-corrected chi connectivity index (χ1v) is 7.68. The van der Waals surface area contributed by atoms with Crippen molar-refractivity contribution in [3.63, 3.8) is 0 Å². The highest BCUT2D eigenvalue weighted by Gasteiger charge is 2.20. The fourth-order valence-electron chi connectivity index (χ4n) is 2.60. The minimum atomic E-state index is 0.712. The molecular weight excluding hydrogens is 328 g/mol. The van der Waals surface area contributed by atoms with Gasteiger partial charge in [0.05, 0.1) is 11.3 Å². The molecule has 0 bridgehead atoms. The molecule has 0 unspecified atom stereocenters. The van der Waals surface area contributed by atoms with Crippen molar-refractivity contribution < 1.29 is 0 Å². The van der Waals surface area contributed by atoms with Gasteiger partial charge in [0.1, 0.15) is 11.9 Å². The molecule has 1 fully saturated rings. The third-order valence-corrected chi connectivity index (χ3v) is 4.36. The summed E-state index contributed by atoms with van der Waals surface area (Å²) in [5.41, 5.74) is 1.72. The van der Waals surface area contributed by atoms with E-state index < -0.39 is 0 Å². The van der Waals surface area contributed by atoms with Crippen LogP contribution < -0.4 is 9.80 Å². The van der Waals surface area contributed by atoms with E-state index in [4.69, 9.17) is 0 Å². The highest BCUT2D eigenvalue weighted by molar-refractivity contribution is 9.10. The number of anilines is 2. The molecule has 0 N–H and O–H groups in total. The third-order valence-electron chi connectivity index (χ3n) is 3.70. The van der Waals surface area contributed by atoms with Crippen LogP contribution in [0.3, 0.4) is 0 Å². The number of pyridine rings is 1. The van der Waals surface area contributed by atoms with Crippen molar-refractivity contribution in [3.05, 3.63) is 52.6 Å². The Morgan fingerprint density at radius 1 is 1.00 bits per heavy atom. The summed E-state index contributed by atoms with van der Waals surface area (Å²) in [7, 11) is 0. The van der Waals surface area contributed by atoms with Crippen LogP contribution in [-0.2, 0) is 0 Å². The Kier molecular flexibility index (Phi) is 4.07. The quantitative estimate of drug-likeness (QED) is 0.841. The van der Waals surface area contributed by atoms with E-state index in [2.05, 4.69) is 36.8 Å². The first-order valence-electron chi connectivity index (χ1n) is 6.89. The Balaban J connectivity index is 1.75. The molecule has 1 aromatic heterocycles. The Labute approximate surface area is 132 Å². The zero-order valence-electron chi connectivity index (χ0n) is 11.5. The SMILES string of the molecule is N#Cc1c(Br)cccc1N1CCN(c2ccccn2)CC1. The van der Waals surface area contributed by atoms with Crippen LogP contribution in [-0.4, -0.2) is 31.2 Å². The van der Waals surface area contributed by atoms with Gasteiger partial charge < -0.3 is 9.80 Å². The molecule has 0 atom stereocenters. The standard InChI is InChI=1S/C16H15BrN4/c17-14-4-3-5-15(13(14)12-18)20-8-10-21(11-9-20)16-6-1-2-7-19-16/h1-7H,8-11H2. The van der Waals surface area contributed by atoms with Crippen molar-refractivity contribution in [2.24, 2.45) is 0 Å². The summed E-state index contributed by atoms with van der Waals surface area (Å²) in [5, 5.41) is 9.33. The summed E-state index contributed by atoms with van der Waals surface area (Å²) in [6.07, 6.45) is 1.82. The highest BCUT2D eigenvalue weighted by Crippen LogP contribution is 2.28. The number of aromatic nitrogens is 1. The van der Waals surface area contributed by atoms with Crippen LogP contribution in [0.1, 0.15) is 5.56 Å². The number of piperazine rings is 1. The van der Waals surface area contributed by atoms with Crippen molar-refractivity contribution in [3.8, 4) is 6.07 Å². The van der Waals surface area contributed by atoms with Gasteiger partial charge in [0, 0.05) is 36.8 Å². The average molecular weight is 343 g/mol. The van der Waals surface area contributed by atoms with E-state index in [1.165, 1.54) is 0 Å². The molecule has 0 aliphatic carbocycles. The lowest BCUT2D eigenvalue weighted by Gasteiger charge is -2.37. The third kappa shape index (κ3) is 2.86. The normalized spacial score (nSPS) is 14.9. The smallest absolute Gasteiger partial charge is 0.128 e. The fourth-order valence-corrected chi connectivity index (χ4v) is 3.05. The van der Waals surface area contributed by atoms with Crippen LogP contribution in [0.25, 0.3) is 0 Å². The number of rotatable bonds is 2. The number of nitrogens with zero attached hydrogens (tertiary/aromatic N) is 4. The molecule has 0 spiro atoms. The van der Waals surface area contributed by atoms with Crippen LogP contribution in [0.5, 0.6) is 0 Å². The van der Waals surface area contributed by atoms with Crippen LogP contribution in [0.4, 0.5) is 11.5 Å². The molecule has 1 aliphatic heterocycles.